The van der Waals surface area contributed by atoms with Crippen LogP contribution in [0.4, 0.5) is 0 Å². The molecule has 0 heterocycles. The van der Waals surface area contributed by atoms with E-state index in [1.807, 2.05) is 0 Å². The van der Waals surface area contributed by atoms with Crippen LogP contribution in [-0.2, 0) is 10.0 Å². The standard InChI is InChI=1S/C16H23NO3S/c1-12-4-3-5-15(9-6-12)17-21(19,20)16-10-7-14(8-11-16)13(2)18/h7-8,10-12,15,17H,3-6,9H2,1-2H3. The number of benzene rings is 1. The molecule has 1 aromatic carbocycles. The van der Waals surface area contributed by atoms with Gasteiger partial charge in [0.15, 0.2) is 5.78 Å². The second kappa shape index (κ2) is 6.71. The van der Waals surface area contributed by atoms with Gasteiger partial charge in [0.2, 0.25) is 10.0 Å². The van der Waals surface area contributed by atoms with E-state index >= 15 is 0 Å². The predicted molar refractivity (Wildman–Crippen MR) is 82.8 cm³/mol. The van der Waals surface area contributed by atoms with E-state index in [4.69, 9.17) is 0 Å². The van der Waals surface area contributed by atoms with Crippen molar-refractivity contribution in [2.45, 2.75) is 56.9 Å². The molecule has 1 saturated carbocycles. The molecule has 0 aromatic heterocycles. The fraction of sp³-hybridized carbons (Fsp3) is 0.562. The van der Waals surface area contributed by atoms with Crippen LogP contribution in [0.1, 0.15) is 56.3 Å². The first-order chi connectivity index (χ1) is 9.88. The number of hydrogen-bond donors (Lipinski definition) is 1. The lowest BCUT2D eigenvalue weighted by Crippen LogP contribution is -2.34. The smallest absolute Gasteiger partial charge is 0.240 e. The maximum atomic E-state index is 12.4. The second-order valence-electron chi connectivity index (χ2n) is 6.01. The Balaban J connectivity index is 2.08. The summed E-state index contributed by atoms with van der Waals surface area (Å²) in [6.07, 6.45) is 5.10. The molecule has 1 aliphatic carbocycles. The summed E-state index contributed by atoms with van der Waals surface area (Å²) in [4.78, 5) is 11.5. The minimum atomic E-state index is -3.50. The van der Waals surface area contributed by atoms with Gasteiger partial charge in [0.1, 0.15) is 0 Å². The molecule has 0 saturated heterocycles. The van der Waals surface area contributed by atoms with E-state index in [0.717, 1.165) is 25.7 Å². The first kappa shape index (κ1) is 16.2. The Kier molecular flexibility index (Phi) is 5.17. The van der Waals surface area contributed by atoms with Gasteiger partial charge in [0.25, 0.3) is 0 Å². The van der Waals surface area contributed by atoms with E-state index in [1.54, 1.807) is 12.1 Å². The maximum absolute atomic E-state index is 12.4. The van der Waals surface area contributed by atoms with Crippen LogP contribution in [0.15, 0.2) is 29.2 Å². The van der Waals surface area contributed by atoms with Gasteiger partial charge in [-0.15, -0.1) is 0 Å². The molecule has 1 N–H and O–H groups in total. The van der Waals surface area contributed by atoms with Crippen LogP contribution in [0.5, 0.6) is 0 Å². The summed E-state index contributed by atoms with van der Waals surface area (Å²) < 4.78 is 27.6. The number of carbonyl (C=O) groups is 1. The Morgan fingerprint density at radius 3 is 2.38 bits per heavy atom. The number of sulfonamides is 1. The number of hydrogen-bond acceptors (Lipinski definition) is 3. The van der Waals surface area contributed by atoms with Crippen molar-refractivity contribution in [1.82, 2.24) is 4.72 Å². The van der Waals surface area contributed by atoms with Crippen molar-refractivity contribution in [3.05, 3.63) is 29.8 Å². The number of Topliss-reactive ketones (excluding diaryl/α,β-unsaturated/α-hetero) is 1. The highest BCUT2D eigenvalue weighted by molar-refractivity contribution is 7.89. The molecule has 2 rings (SSSR count). The molecule has 2 atom stereocenters. The molecule has 5 heteroatoms. The Hall–Kier alpha value is -1.20. The van der Waals surface area contributed by atoms with Crippen molar-refractivity contribution in [1.29, 1.82) is 0 Å². The van der Waals surface area contributed by atoms with Crippen molar-refractivity contribution in [2.75, 3.05) is 0 Å². The van der Waals surface area contributed by atoms with Crippen LogP contribution in [0.3, 0.4) is 0 Å². The van der Waals surface area contributed by atoms with Crippen LogP contribution in [-0.4, -0.2) is 20.2 Å². The number of carbonyl (C=O) groups excluding carboxylic acids is 1. The Labute approximate surface area is 127 Å². The Morgan fingerprint density at radius 2 is 1.76 bits per heavy atom. The molecule has 2 unspecified atom stereocenters. The topological polar surface area (TPSA) is 63.2 Å². The largest absolute Gasteiger partial charge is 0.295 e. The van der Waals surface area contributed by atoms with E-state index in [1.165, 1.54) is 25.5 Å². The maximum Gasteiger partial charge on any atom is 0.240 e. The molecule has 1 fully saturated rings. The summed E-state index contributed by atoms with van der Waals surface area (Å²) in [6.45, 7) is 3.69. The summed E-state index contributed by atoms with van der Waals surface area (Å²) in [5.41, 5.74) is 0.525. The van der Waals surface area contributed by atoms with E-state index in [9.17, 15) is 13.2 Å². The first-order valence-corrected chi connectivity index (χ1v) is 9.00. The van der Waals surface area contributed by atoms with Gasteiger partial charge in [-0.2, -0.15) is 0 Å². The summed E-state index contributed by atoms with van der Waals surface area (Å²) in [6, 6.07) is 6.14. The second-order valence-corrected chi connectivity index (χ2v) is 7.73. The number of rotatable bonds is 4. The molecule has 21 heavy (non-hydrogen) atoms. The quantitative estimate of drug-likeness (QED) is 0.686. The van der Waals surface area contributed by atoms with E-state index < -0.39 is 10.0 Å². The predicted octanol–water partition coefficient (Wildman–Crippen LogP) is 3.14. The first-order valence-electron chi connectivity index (χ1n) is 7.52. The summed E-state index contributed by atoms with van der Waals surface area (Å²) in [5, 5.41) is 0. The highest BCUT2D eigenvalue weighted by Crippen LogP contribution is 2.24. The van der Waals surface area contributed by atoms with Crippen LogP contribution < -0.4 is 4.72 Å². The lowest BCUT2D eigenvalue weighted by atomic mass is 10.0. The normalized spacial score (nSPS) is 23.5. The van der Waals surface area contributed by atoms with Gasteiger partial charge >= 0.3 is 0 Å². The molecule has 0 spiro atoms. The van der Waals surface area contributed by atoms with Crippen molar-refractivity contribution >= 4 is 15.8 Å². The molecular weight excluding hydrogens is 286 g/mol. The highest BCUT2D eigenvalue weighted by atomic mass is 32.2. The summed E-state index contributed by atoms with van der Waals surface area (Å²) in [5.74, 6) is 0.610. The molecule has 1 aliphatic rings. The van der Waals surface area contributed by atoms with E-state index in [0.29, 0.717) is 11.5 Å². The van der Waals surface area contributed by atoms with Crippen molar-refractivity contribution in [3.63, 3.8) is 0 Å². The third-order valence-electron chi connectivity index (χ3n) is 4.15. The van der Waals surface area contributed by atoms with Gasteiger partial charge in [-0.3, -0.25) is 4.79 Å². The minimum Gasteiger partial charge on any atom is -0.295 e. The van der Waals surface area contributed by atoms with Crippen LogP contribution in [0, 0.1) is 5.92 Å². The van der Waals surface area contributed by atoms with Crippen molar-refractivity contribution in [3.8, 4) is 0 Å². The van der Waals surface area contributed by atoms with Crippen LogP contribution in [0.2, 0.25) is 0 Å². The van der Waals surface area contributed by atoms with Gasteiger partial charge in [-0.25, -0.2) is 13.1 Å². The average molecular weight is 309 g/mol. The minimum absolute atomic E-state index is 0.0208. The van der Waals surface area contributed by atoms with Crippen LogP contribution >= 0.6 is 0 Å². The van der Waals surface area contributed by atoms with Gasteiger partial charge in [-0.1, -0.05) is 31.9 Å². The Bertz CT molecular complexity index is 592. The summed E-state index contributed by atoms with van der Waals surface area (Å²) >= 11 is 0. The molecule has 0 aliphatic heterocycles. The van der Waals surface area contributed by atoms with E-state index in [2.05, 4.69) is 11.6 Å². The third kappa shape index (κ3) is 4.38. The molecule has 0 radical (unpaired) electrons. The van der Waals surface area contributed by atoms with Crippen molar-refractivity contribution < 1.29 is 13.2 Å². The molecule has 0 bridgehead atoms. The fourth-order valence-electron chi connectivity index (χ4n) is 2.76. The fourth-order valence-corrected chi connectivity index (χ4v) is 4.07. The molecular formula is C16H23NO3S. The lowest BCUT2D eigenvalue weighted by molar-refractivity contribution is 0.101. The highest BCUT2D eigenvalue weighted by Gasteiger charge is 2.22. The summed E-state index contributed by atoms with van der Waals surface area (Å²) in [7, 11) is -3.50. The SMILES string of the molecule is CC(=O)c1ccc(S(=O)(=O)NC2CCCC(C)CC2)cc1. The molecule has 1 aromatic rings. The monoisotopic (exact) mass is 309 g/mol. The van der Waals surface area contributed by atoms with Gasteiger partial charge in [-0.05, 0) is 44.2 Å². The molecule has 0 amide bonds. The molecule has 116 valence electrons. The van der Waals surface area contributed by atoms with Crippen molar-refractivity contribution in [2.24, 2.45) is 5.92 Å². The zero-order chi connectivity index (χ0) is 15.5. The van der Waals surface area contributed by atoms with E-state index in [-0.39, 0.29) is 16.7 Å². The molecule has 4 nitrogen and oxygen atoms in total. The zero-order valence-electron chi connectivity index (χ0n) is 12.6. The third-order valence-corrected chi connectivity index (χ3v) is 5.69. The van der Waals surface area contributed by atoms with Gasteiger partial charge < -0.3 is 0 Å². The van der Waals surface area contributed by atoms with Crippen LogP contribution in [0.25, 0.3) is 0 Å². The average Bonchev–Trinajstić information content (AvgIpc) is 2.63. The lowest BCUT2D eigenvalue weighted by Gasteiger charge is -2.16. The zero-order valence-corrected chi connectivity index (χ0v) is 13.4. The Morgan fingerprint density at radius 1 is 1.10 bits per heavy atom. The number of nitrogens with one attached hydrogen (secondary N) is 1. The van der Waals surface area contributed by atoms with Gasteiger partial charge in [0, 0.05) is 11.6 Å². The van der Waals surface area contributed by atoms with Gasteiger partial charge in [0.05, 0.1) is 4.90 Å². The number of ketones is 1.